The topological polar surface area (TPSA) is 82.7 Å². The first kappa shape index (κ1) is 13.9. The fourth-order valence-electron chi connectivity index (χ4n) is 1.56. The number of aromatic amines is 1. The molecule has 0 radical (unpaired) electrons. The van der Waals surface area contributed by atoms with Crippen LogP contribution in [0.1, 0.15) is 5.56 Å². The molecule has 0 atom stereocenters. The summed E-state index contributed by atoms with van der Waals surface area (Å²) in [4.78, 5) is 12.8. The first-order valence-electron chi connectivity index (χ1n) is 4.87. The quantitative estimate of drug-likeness (QED) is 0.630. The summed E-state index contributed by atoms with van der Waals surface area (Å²) in [6, 6.07) is 6.63. The van der Waals surface area contributed by atoms with Crippen LogP contribution in [0.25, 0.3) is 11.3 Å². The lowest BCUT2D eigenvalue weighted by atomic mass is 10.1. The Balaban J connectivity index is 2.68. The lowest BCUT2D eigenvalue weighted by Crippen LogP contribution is -1.88. The maximum atomic E-state index is 10.8. The molecular formula is C11H4BrCl2N3O2. The summed E-state index contributed by atoms with van der Waals surface area (Å²) in [6.45, 7) is 0. The number of nitrogens with one attached hydrogen (secondary N) is 1. The molecule has 0 saturated heterocycles. The third kappa shape index (κ3) is 2.45. The zero-order valence-electron chi connectivity index (χ0n) is 9.08. The Morgan fingerprint density at radius 1 is 1.37 bits per heavy atom. The average Bonchev–Trinajstić information content (AvgIpc) is 2.70. The van der Waals surface area contributed by atoms with Gasteiger partial charge in [-0.05, 0) is 39.1 Å². The normalized spacial score (nSPS) is 10.2. The van der Waals surface area contributed by atoms with Crippen molar-refractivity contribution in [2.75, 3.05) is 0 Å². The smallest absolute Gasteiger partial charge is 0.337 e. The highest BCUT2D eigenvalue weighted by Gasteiger charge is 2.25. The van der Waals surface area contributed by atoms with Gasteiger partial charge in [0.05, 0.1) is 10.0 Å². The molecule has 2 aromatic rings. The van der Waals surface area contributed by atoms with E-state index in [2.05, 4.69) is 20.9 Å². The summed E-state index contributed by atoms with van der Waals surface area (Å²) in [5, 5.41) is 20.6. The van der Waals surface area contributed by atoms with Gasteiger partial charge in [-0.15, -0.1) is 0 Å². The molecule has 0 aliphatic rings. The van der Waals surface area contributed by atoms with E-state index in [0.717, 1.165) is 0 Å². The Labute approximate surface area is 126 Å². The maximum Gasteiger partial charge on any atom is 0.337 e. The number of nitro groups is 1. The van der Waals surface area contributed by atoms with E-state index in [4.69, 9.17) is 28.5 Å². The Morgan fingerprint density at radius 3 is 2.58 bits per heavy atom. The van der Waals surface area contributed by atoms with Crippen molar-refractivity contribution in [2.24, 2.45) is 0 Å². The number of halogens is 3. The van der Waals surface area contributed by atoms with Gasteiger partial charge in [-0.1, -0.05) is 23.2 Å². The molecule has 5 nitrogen and oxygen atoms in total. The van der Waals surface area contributed by atoms with Crippen LogP contribution in [0, 0.1) is 21.4 Å². The van der Waals surface area contributed by atoms with Crippen LogP contribution in [0.3, 0.4) is 0 Å². The first-order chi connectivity index (χ1) is 8.95. The minimum absolute atomic E-state index is 0.112. The van der Waals surface area contributed by atoms with Crippen LogP contribution in [0.2, 0.25) is 10.0 Å². The van der Waals surface area contributed by atoms with Gasteiger partial charge in [0.1, 0.15) is 16.1 Å². The molecule has 0 unspecified atom stereocenters. The fourth-order valence-corrected chi connectivity index (χ4v) is 2.39. The fraction of sp³-hybridized carbons (Fsp3) is 0. The number of nitriles is 1. The predicted octanol–water partition coefficient (Wildman–Crippen LogP) is 4.53. The molecule has 0 spiro atoms. The summed E-state index contributed by atoms with van der Waals surface area (Å²) in [5.74, 6) is -0.280. The number of hydrogen-bond acceptors (Lipinski definition) is 3. The van der Waals surface area contributed by atoms with Crippen LogP contribution in [-0.2, 0) is 0 Å². The molecule has 0 aliphatic heterocycles. The molecule has 1 aromatic carbocycles. The standard InChI is InChI=1S/C11H4BrCl2N3O2/c12-9-6(4-15)10(16-11(9)17(18)19)5-1-2-7(13)8(14)3-5/h1-3,16H. The zero-order valence-corrected chi connectivity index (χ0v) is 12.2. The van der Waals surface area contributed by atoms with Crippen molar-refractivity contribution >= 4 is 44.9 Å². The van der Waals surface area contributed by atoms with E-state index >= 15 is 0 Å². The molecule has 0 bridgehead atoms. The first-order valence-corrected chi connectivity index (χ1v) is 6.42. The number of rotatable bonds is 2. The molecule has 96 valence electrons. The Morgan fingerprint density at radius 2 is 2.05 bits per heavy atom. The highest BCUT2D eigenvalue weighted by atomic mass is 79.9. The molecule has 0 saturated carbocycles. The highest BCUT2D eigenvalue weighted by molar-refractivity contribution is 9.10. The van der Waals surface area contributed by atoms with E-state index in [1.54, 1.807) is 12.1 Å². The minimum atomic E-state index is -0.605. The minimum Gasteiger partial charge on any atom is -0.358 e. The second-order valence-corrected chi connectivity index (χ2v) is 5.14. The lowest BCUT2D eigenvalue weighted by molar-refractivity contribution is -0.389. The van der Waals surface area contributed by atoms with E-state index in [1.165, 1.54) is 6.07 Å². The molecule has 1 N–H and O–H groups in total. The third-order valence-electron chi connectivity index (χ3n) is 2.42. The van der Waals surface area contributed by atoms with Gasteiger partial charge < -0.3 is 10.1 Å². The molecule has 8 heteroatoms. The third-order valence-corrected chi connectivity index (χ3v) is 3.93. The summed E-state index contributed by atoms with van der Waals surface area (Å²) in [7, 11) is 0. The van der Waals surface area contributed by atoms with Gasteiger partial charge in [-0.2, -0.15) is 5.26 Å². The highest BCUT2D eigenvalue weighted by Crippen LogP contribution is 2.37. The van der Waals surface area contributed by atoms with E-state index in [1.807, 2.05) is 6.07 Å². The Bertz CT molecular complexity index is 721. The van der Waals surface area contributed by atoms with E-state index in [-0.39, 0.29) is 15.9 Å². The number of nitrogens with zero attached hydrogens (tertiary/aromatic N) is 2. The van der Waals surface area contributed by atoms with Crippen molar-refractivity contribution in [3.63, 3.8) is 0 Å². The summed E-state index contributed by atoms with van der Waals surface area (Å²) < 4.78 is 0.112. The van der Waals surface area contributed by atoms with Crippen molar-refractivity contribution in [1.29, 1.82) is 5.26 Å². The summed E-state index contributed by atoms with van der Waals surface area (Å²) in [5.41, 5.74) is 1.00. The molecule has 2 rings (SSSR count). The predicted molar refractivity (Wildman–Crippen MR) is 75.3 cm³/mol. The summed E-state index contributed by atoms with van der Waals surface area (Å²) >= 11 is 14.7. The van der Waals surface area contributed by atoms with Crippen molar-refractivity contribution in [3.8, 4) is 17.3 Å². The van der Waals surface area contributed by atoms with Crippen molar-refractivity contribution in [2.45, 2.75) is 0 Å². The van der Waals surface area contributed by atoms with Gasteiger partial charge in [0.25, 0.3) is 0 Å². The van der Waals surface area contributed by atoms with Crippen LogP contribution in [0.15, 0.2) is 22.7 Å². The number of aromatic nitrogens is 1. The molecule has 1 heterocycles. The molecule has 0 amide bonds. The second kappa shape index (κ2) is 5.21. The lowest BCUT2D eigenvalue weighted by Gasteiger charge is -1.99. The maximum absolute atomic E-state index is 10.8. The SMILES string of the molecule is N#Cc1c(-c2ccc(Cl)c(Cl)c2)[nH]c([N+](=O)[O-])c1Br. The molecular weight excluding hydrogens is 357 g/mol. The van der Waals surface area contributed by atoms with Crippen LogP contribution >= 0.6 is 39.1 Å². The number of benzene rings is 1. The van der Waals surface area contributed by atoms with Gasteiger partial charge in [0.2, 0.25) is 0 Å². The van der Waals surface area contributed by atoms with E-state index in [0.29, 0.717) is 21.3 Å². The molecule has 19 heavy (non-hydrogen) atoms. The Hall–Kier alpha value is -1.55. The van der Waals surface area contributed by atoms with Crippen molar-refractivity contribution in [3.05, 3.63) is 48.4 Å². The average molecular weight is 361 g/mol. The summed E-state index contributed by atoms with van der Waals surface area (Å²) in [6.07, 6.45) is 0. The monoisotopic (exact) mass is 359 g/mol. The number of H-pyrrole nitrogens is 1. The molecule has 1 aromatic heterocycles. The van der Waals surface area contributed by atoms with Gasteiger partial charge in [0.15, 0.2) is 5.69 Å². The van der Waals surface area contributed by atoms with Gasteiger partial charge in [0, 0.05) is 5.56 Å². The van der Waals surface area contributed by atoms with Crippen molar-refractivity contribution in [1.82, 2.24) is 4.98 Å². The van der Waals surface area contributed by atoms with Crippen LogP contribution < -0.4 is 0 Å². The van der Waals surface area contributed by atoms with E-state index in [9.17, 15) is 10.1 Å². The van der Waals surface area contributed by atoms with Crippen molar-refractivity contribution < 1.29 is 4.92 Å². The van der Waals surface area contributed by atoms with Gasteiger partial charge in [-0.3, -0.25) is 0 Å². The van der Waals surface area contributed by atoms with Crippen LogP contribution in [-0.4, -0.2) is 9.91 Å². The van der Waals surface area contributed by atoms with E-state index < -0.39 is 4.92 Å². The van der Waals surface area contributed by atoms with Crippen LogP contribution in [0.5, 0.6) is 0 Å². The van der Waals surface area contributed by atoms with Gasteiger partial charge >= 0.3 is 5.82 Å². The van der Waals surface area contributed by atoms with Gasteiger partial charge in [-0.25, -0.2) is 4.98 Å². The molecule has 0 fully saturated rings. The number of hydrogen-bond donors (Lipinski definition) is 1. The zero-order chi connectivity index (χ0) is 14.2. The van der Waals surface area contributed by atoms with Crippen LogP contribution in [0.4, 0.5) is 5.82 Å². The largest absolute Gasteiger partial charge is 0.358 e. The Kier molecular flexibility index (Phi) is 3.80. The molecule has 0 aliphatic carbocycles. The second-order valence-electron chi connectivity index (χ2n) is 3.54.